The topological polar surface area (TPSA) is 125 Å². The lowest BCUT2D eigenvalue weighted by molar-refractivity contribution is 0.286. The second-order valence-electron chi connectivity index (χ2n) is 4.82. The highest BCUT2D eigenvalue weighted by Gasteiger charge is 2.16. The molecular weight excluding hydrogens is 272 g/mol. The van der Waals surface area contributed by atoms with Gasteiger partial charge in [0.1, 0.15) is 0 Å². The molecule has 0 amide bonds. The van der Waals surface area contributed by atoms with Crippen LogP contribution in [-0.4, -0.2) is 37.8 Å². The Morgan fingerprint density at radius 1 is 1.19 bits per heavy atom. The molecule has 0 spiro atoms. The van der Waals surface area contributed by atoms with Crippen LogP contribution in [0.2, 0.25) is 0 Å². The summed E-state index contributed by atoms with van der Waals surface area (Å²) in [7, 11) is 0. The molecule has 0 fully saturated rings. The zero-order chi connectivity index (χ0) is 15.2. The molecular formula is C13H22N6O2. The van der Waals surface area contributed by atoms with E-state index in [-0.39, 0.29) is 17.8 Å². The smallest absolute Gasteiger partial charge is 0.320 e. The Hall–Kier alpha value is -2.09. The molecule has 0 radical (unpaired) electrons. The second kappa shape index (κ2) is 7.07. The van der Waals surface area contributed by atoms with Crippen molar-refractivity contribution in [3.63, 3.8) is 0 Å². The average molecular weight is 294 g/mol. The van der Waals surface area contributed by atoms with Gasteiger partial charge in [-0.15, -0.1) is 0 Å². The number of nitrogen functional groups attached to an aromatic ring is 1. The van der Waals surface area contributed by atoms with E-state index < -0.39 is 0 Å². The first-order valence-corrected chi connectivity index (χ1v) is 7.23. The first kappa shape index (κ1) is 15.3. The lowest BCUT2D eigenvalue weighted by Gasteiger charge is -2.07. The van der Waals surface area contributed by atoms with Crippen molar-refractivity contribution in [1.82, 2.24) is 19.5 Å². The highest BCUT2D eigenvalue weighted by atomic mass is 16.5. The van der Waals surface area contributed by atoms with Crippen LogP contribution >= 0.6 is 0 Å². The molecule has 0 aliphatic carbocycles. The zero-order valence-electron chi connectivity index (χ0n) is 12.2. The molecule has 0 bridgehead atoms. The van der Waals surface area contributed by atoms with E-state index >= 15 is 0 Å². The van der Waals surface area contributed by atoms with Gasteiger partial charge in [-0.25, -0.2) is 0 Å². The van der Waals surface area contributed by atoms with Crippen molar-refractivity contribution in [1.29, 1.82) is 0 Å². The van der Waals surface area contributed by atoms with E-state index in [0.29, 0.717) is 30.9 Å². The van der Waals surface area contributed by atoms with Crippen LogP contribution in [0.3, 0.4) is 0 Å². The van der Waals surface area contributed by atoms with Crippen LogP contribution in [0.15, 0.2) is 0 Å². The number of aromatic nitrogens is 4. The van der Waals surface area contributed by atoms with Gasteiger partial charge in [-0.05, 0) is 25.8 Å². The third-order valence-corrected chi connectivity index (χ3v) is 3.15. The van der Waals surface area contributed by atoms with Crippen molar-refractivity contribution in [2.75, 3.05) is 18.9 Å². The maximum atomic E-state index is 9.92. The molecule has 116 valence electrons. The maximum Gasteiger partial charge on any atom is 0.320 e. The van der Waals surface area contributed by atoms with Crippen molar-refractivity contribution >= 4 is 17.0 Å². The average Bonchev–Trinajstić information content (AvgIpc) is 2.77. The van der Waals surface area contributed by atoms with E-state index in [2.05, 4.69) is 21.9 Å². The van der Waals surface area contributed by atoms with Crippen LogP contribution in [0, 0.1) is 0 Å². The van der Waals surface area contributed by atoms with Gasteiger partial charge in [0.25, 0.3) is 6.01 Å². The number of hydrogen-bond acceptors (Lipinski definition) is 7. The van der Waals surface area contributed by atoms with Crippen molar-refractivity contribution in [2.24, 2.45) is 5.73 Å². The fourth-order valence-corrected chi connectivity index (χ4v) is 1.98. The first-order valence-electron chi connectivity index (χ1n) is 7.23. The van der Waals surface area contributed by atoms with Gasteiger partial charge in [-0.2, -0.15) is 15.0 Å². The number of anilines is 1. The maximum absolute atomic E-state index is 9.92. The Morgan fingerprint density at radius 3 is 2.71 bits per heavy atom. The third-order valence-electron chi connectivity index (χ3n) is 3.15. The number of imidazole rings is 1. The minimum atomic E-state index is -0.117. The summed E-state index contributed by atoms with van der Waals surface area (Å²) >= 11 is 0. The summed E-state index contributed by atoms with van der Waals surface area (Å²) in [6.07, 6.45) is 3.63. The number of rotatable bonds is 8. The van der Waals surface area contributed by atoms with Crippen LogP contribution in [0.1, 0.15) is 32.6 Å². The van der Waals surface area contributed by atoms with Crippen LogP contribution in [0.5, 0.6) is 12.0 Å². The van der Waals surface area contributed by atoms with Crippen molar-refractivity contribution in [3.05, 3.63) is 0 Å². The van der Waals surface area contributed by atoms with Gasteiger partial charge < -0.3 is 21.3 Å². The summed E-state index contributed by atoms with van der Waals surface area (Å²) < 4.78 is 7.09. The molecule has 8 nitrogen and oxygen atoms in total. The number of hydrogen-bond donors (Lipinski definition) is 3. The monoisotopic (exact) mass is 294 g/mol. The molecule has 0 aliphatic heterocycles. The molecule has 0 atom stereocenters. The number of aryl methyl sites for hydroxylation is 1. The van der Waals surface area contributed by atoms with E-state index in [9.17, 15) is 5.11 Å². The van der Waals surface area contributed by atoms with Crippen molar-refractivity contribution in [3.8, 4) is 12.0 Å². The van der Waals surface area contributed by atoms with Gasteiger partial charge in [-0.3, -0.25) is 4.57 Å². The van der Waals surface area contributed by atoms with Gasteiger partial charge >= 0.3 is 6.01 Å². The third kappa shape index (κ3) is 3.52. The number of nitrogens with two attached hydrogens (primary N) is 2. The summed E-state index contributed by atoms with van der Waals surface area (Å²) in [6, 6.07) is 0.0992. The molecule has 0 aliphatic rings. The first-order chi connectivity index (χ1) is 10.2. The Balaban J connectivity index is 2.28. The summed E-state index contributed by atoms with van der Waals surface area (Å²) in [5, 5.41) is 9.92. The molecule has 0 saturated heterocycles. The highest BCUT2D eigenvalue weighted by Crippen LogP contribution is 2.25. The highest BCUT2D eigenvalue weighted by molar-refractivity contribution is 5.83. The largest absolute Gasteiger partial charge is 0.480 e. The van der Waals surface area contributed by atoms with E-state index in [1.54, 1.807) is 4.57 Å². The van der Waals surface area contributed by atoms with E-state index in [1.165, 1.54) is 0 Å². The van der Waals surface area contributed by atoms with Gasteiger partial charge in [0.05, 0.1) is 6.61 Å². The predicted molar refractivity (Wildman–Crippen MR) is 80.1 cm³/mol. The molecule has 5 N–H and O–H groups in total. The van der Waals surface area contributed by atoms with Crippen LogP contribution in [0.4, 0.5) is 5.82 Å². The van der Waals surface area contributed by atoms with E-state index in [4.69, 9.17) is 16.2 Å². The minimum absolute atomic E-state index is 0.117. The Bertz CT molecular complexity index is 598. The molecule has 2 rings (SSSR count). The van der Waals surface area contributed by atoms with Gasteiger partial charge in [-0.1, -0.05) is 13.3 Å². The van der Waals surface area contributed by atoms with Crippen LogP contribution in [0.25, 0.3) is 11.2 Å². The van der Waals surface area contributed by atoms with Crippen LogP contribution < -0.4 is 16.2 Å². The van der Waals surface area contributed by atoms with Gasteiger partial charge in [0, 0.05) is 6.54 Å². The summed E-state index contributed by atoms with van der Waals surface area (Å²) in [5.74, 6) is 0.208. The van der Waals surface area contributed by atoms with E-state index in [1.807, 2.05) is 0 Å². The number of unbranched alkanes of at least 4 members (excludes halogenated alkanes) is 2. The van der Waals surface area contributed by atoms with Gasteiger partial charge in [0.2, 0.25) is 0 Å². The molecule has 0 aromatic carbocycles. The number of fused-ring (bicyclic) bond motifs is 1. The lowest BCUT2D eigenvalue weighted by Crippen LogP contribution is -2.06. The van der Waals surface area contributed by atoms with Crippen molar-refractivity contribution < 1.29 is 9.84 Å². The SMILES string of the molecule is CCCCOc1nc(N)c2nc(O)n(CCCCN)c2n1. The van der Waals surface area contributed by atoms with Crippen molar-refractivity contribution in [2.45, 2.75) is 39.2 Å². The van der Waals surface area contributed by atoms with E-state index in [0.717, 1.165) is 25.7 Å². The standard InChI is InChI=1S/C13H22N6O2/c1-2-3-8-21-12-17-10(15)9-11(18-12)19(13(20)16-9)7-5-4-6-14/h2-8,14H2,1H3,(H,16,20)(H2,15,17,18). The number of nitrogens with zero attached hydrogens (tertiary/aromatic N) is 4. The quantitative estimate of drug-likeness (QED) is 0.621. The molecule has 2 aromatic heterocycles. The summed E-state index contributed by atoms with van der Waals surface area (Å²) in [5.41, 5.74) is 12.2. The fourth-order valence-electron chi connectivity index (χ4n) is 1.98. The molecule has 2 heterocycles. The summed E-state index contributed by atoms with van der Waals surface area (Å²) in [4.78, 5) is 12.4. The normalized spacial score (nSPS) is 11.1. The Labute approximate surface area is 123 Å². The molecule has 21 heavy (non-hydrogen) atoms. The Kier molecular flexibility index (Phi) is 5.15. The molecule has 0 saturated carbocycles. The zero-order valence-corrected chi connectivity index (χ0v) is 12.2. The fraction of sp³-hybridized carbons (Fsp3) is 0.615. The predicted octanol–water partition coefficient (Wildman–Crippen LogP) is 1.03. The van der Waals surface area contributed by atoms with Gasteiger partial charge in [0.15, 0.2) is 17.0 Å². The molecule has 8 heteroatoms. The summed E-state index contributed by atoms with van der Waals surface area (Å²) in [6.45, 7) is 3.79. The number of ether oxygens (including phenoxy) is 1. The number of aromatic hydroxyl groups is 1. The second-order valence-corrected chi connectivity index (χ2v) is 4.82. The molecule has 0 unspecified atom stereocenters. The molecule has 2 aromatic rings. The lowest BCUT2D eigenvalue weighted by atomic mass is 10.3. The minimum Gasteiger partial charge on any atom is -0.480 e. The Morgan fingerprint density at radius 2 is 2.00 bits per heavy atom. The van der Waals surface area contributed by atoms with Crippen LogP contribution in [-0.2, 0) is 6.54 Å².